The van der Waals surface area contributed by atoms with Gasteiger partial charge in [0.2, 0.25) is 0 Å². The van der Waals surface area contributed by atoms with Gasteiger partial charge in [0.1, 0.15) is 12.2 Å². The number of benzene rings is 1. The maximum atomic E-state index is 14.2. The molecule has 3 aromatic heterocycles. The Kier molecular flexibility index (Phi) is 6.61. The normalized spacial score (nSPS) is 20.5. The SMILES string of the molecule is C[C@H]1CCCN(Cc2cc(C(F)(F)F)c3cn(-c4cccc([C@@H](c5nncn5C)C5(O)CCC5)c4)c(=O)n3c2)C1. The van der Waals surface area contributed by atoms with Crippen LogP contribution in [0, 0.1) is 5.92 Å². The van der Waals surface area contributed by atoms with E-state index in [2.05, 4.69) is 22.0 Å². The highest BCUT2D eigenvalue weighted by Crippen LogP contribution is 2.46. The summed E-state index contributed by atoms with van der Waals surface area (Å²) in [7, 11) is 1.81. The Morgan fingerprint density at radius 1 is 1.18 bits per heavy atom. The molecule has 0 unspecified atom stereocenters. The van der Waals surface area contributed by atoms with E-state index in [-0.39, 0.29) is 5.52 Å². The molecule has 4 heterocycles. The van der Waals surface area contributed by atoms with Gasteiger partial charge >= 0.3 is 11.9 Å². The number of hydrogen-bond acceptors (Lipinski definition) is 5. The molecule has 11 heteroatoms. The summed E-state index contributed by atoms with van der Waals surface area (Å²) in [4.78, 5) is 15.8. The molecule has 8 nitrogen and oxygen atoms in total. The molecule has 0 radical (unpaired) electrons. The van der Waals surface area contributed by atoms with Crippen LogP contribution in [-0.4, -0.2) is 52.4 Å². The minimum Gasteiger partial charge on any atom is -0.389 e. The highest BCUT2D eigenvalue weighted by molar-refractivity contribution is 5.58. The Bertz CT molecular complexity index is 1600. The third-order valence-corrected chi connectivity index (χ3v) is 8.52. The molecule has 1 aromatic carbocycles. The number of halogens is 3. The Labute approximate surface area is 229 Å². The van der Waals surface area contributed by atoms with Crippen LogP contribution in [0.3, 0.4) is 0 Å². The zero-order valence-corrected chi connectivity index (χ0v) is 22.6. The van der Waals surface area contributed by atoms with E-state index in [1.54, 1.807) is 36.1 Å². The second kappa shape index (κ2) is 9.88. The maximum Gasteiger partial charge on any atom is 0.418 e. The average Bonchev–Trinajstić information content (AvgIpc) is 3.45. The average molecular weight is 555 g/mol. The van der Waals surface area contributed by atoms with Gasteiger partial charge in [0, 0.05) is 32.5 Å². The molecule has 6 rings (SSSR count). The number of hydrogen-bond donors (Lipinski definition) is 1. The number of pyridine rings is 1. The summed E-state index contributed by atoms with van der Waals surface area (Å²) in [5.74, 6) is 0.578. The predicted octanol–water partition coefficient (Wildman–Crippen LogP) is 4.52. The number of likely N-dealkylation sites (tertiary alicyclic amines) is 1. The zero-order chi connectivity index (χ0) is 28.2. The lowest BCUT2D eigenvalue weighted by Gasteiger charge is -2.43. The van der Waals surface area contributed by atoms with Gasteiger partial charge in [-0.05, 0) is 73.9 Å². The number of fused-ring (bicyclic) bond motifs is 1. The molecule has 1 N–H and O–H groups in total. The lowest BCUT2D eigenvalue weighted by atomic mass is 9.68. The molecule has 0 amide bonds. The van der Waals surface area contributed by atoms with Crippen LogP contribution in [-0.2, 0) is 19.8 Å². The Morgan fingerprint density at radius 2 is 1.98 bits per heavy atom. The van der Waals surface area contributed by atoms with E-state index in [1.165, 1.54) is 23.0 Å². The monoisotopic (exact) mass is 554 g/mol. The van der Waals surface area contributed by atoms with Crippen LogP contribution in [0.25, 0.3) is 11.2 Å². The molecule has 1 saturated carbocycles. The summed E-state index contributed by atoms with van der Waals surface area (Å²) in [5.41, 5.74) is -1.03. The molecule has 2 aliphatic rings. The van der Waals surface area contributed by atoms with Gasteiger partial charge in [-0.15, -0.1) is 10.2 Å². The van der Waals surface area contributed by atoms with Crippen molar-refractivity contribution in [2.75, 3.05) is 13.1 Å². The Morgan fingerprint density at radius 3 is 2.62 bits per heavy atom. The van der Waals surface area contributed by atoms with Gasteiger partial charge in [0.25, 0.3) is 0 Å². The lowest BCUT2D eigenvalue weighted by molar-refractivity contribution is -0.136. The number of imidazole rings is 1. The maximum absolute atomic E-state index is 14.2. The Hall–Kier alpha value is -3.44. The first kappa shape index (κ1) is 26.8. The number of nitrogens with zero attached hydrogens (tertiary/aromatic N) is 6. The van der Waals surface area contributed by atoms with Crippen molar-refractivity contribution in [3.8, 4) is 5.69 Å². The molecule has 2 fully saturated rings. The van der Waals surface area contributed by atoms with Crippen LogP contribution >= 0.6 is 0 Å². The number of rotatable bonds is 6. The lowest BCUT2D eigenvalue weighted by Crippen LogP contribution is -2.44. The van der Waals surface area contributed by atoms with Gasteiger partial charge in [0.15, 0.2) is 0 Å². The van der Waals surface area contributed by atoms with Crippen LogP contribution in [0.15, 0.2) is 53.8 Å². The van der Waals surface area contributed by atoms with Crippen molar-refractivity contribution >= 4 is 5.52 Å². The summed E-state index contributed by atoms with van der Waals surface area (Å²) >= 11 is 0. The van der Waals surface area contributed by atoms with Gasteiger partial charge in [-0.2, -0.15) is 13.2 Å². The molecule has 0 spiro atoms. The van der Waals surface area contributed by atoms with Crippen molar-refractivity contribution < 1.29 is 18.3 Å². The van der Waals surface area contributed by atoms with Crippen LogP contribution < -0.4 is 5.69 Å². The second-order valence-corrected chi connectivity index (χ2v) is 11.6. The first-order valence-corrected chi connectivity index (χ1v) is 13.8. The molecule has 1 saturated heterocycles. The zero-order valence-electron chi connectivity index (χ0n) is 22.6. The van der Waals surface area contributed by atoms with Crippen molar-refractivity contribution in [1.82, 2.24) is 28.6 Å². The third-order valence-electron chi connectivity index (χ3n) is 8.52. The van der Waals surface area contributed by atoms with Crippen LogP contribution in [0.4, 0.5) is 13.2 Å². The summed E-state index contributed by atoms with van der Waals surface area (Å²) in [5, 5.41) is 19.6. The molecular weight excluding hydrogens is 521 g/mol. The highest BCUT2D eigenvalue weighted by atomic mass is 19.4. The van der Waals surface area contributed by atoms with E-state index in [1.807, 2.05) is 6.07 Å². The summed E-state index contributed by atoms with van der Waals surface area (Å²) in [6.45, 7) is 4.15. The topological polar surface area (TPSA) is 80.6 Å². The minimum absolute atomic E-state index is 0.193. The number of piperidine rings is 1. The first-order valence-electron chi connectivity index (χ1n) is 13.8. The molecule has 4 aromatic rings. The second-order valence-electron chi connectivity index (χ2n) is 11.6. The third kappa shape index (κ3) is 4.75. The van der Waals surface area contributed by atoms with Crippen molar-refractivity contribution in [1.29, 1.82) is 0 Å². The fraction of sp³-hybridized carbons (Fsp3) is 0.483. The quantitative estimate of drug-likeness (QED) is 0.379. The van der Waals surface area contributed by atoms with Crippen LogP contribution in [0.5, 0.6) is 0 Å². The molecule has 40 heavy (non-hydrogen) atoms. The van der Waals surface area contributed by atoms with E-state index in [0.717, 1.165) is 36.8 Å². The van der Waals surface area contributed by atoms with Gasteiger partial charge in [0.05, 0.1) is 28.3 Å². The van der Waals surface area contributed by atoms with E-state index >= 15 is 0 Å². The predicted molar refractivity (Wildman–Crippen MR) is 143 cm³/mol. The largest absolute Gasteiger partial charge is 0.418 e. The molecule has 1 aliphatic heterocycles. The Balaban J connectivity index is 1.44. The van der Waals surface area contributed by atoms with E-state index < -0.39 is 28.9 Å². The summed E-state index contributed by atoms with van der Waals surface area (Å²) in [6, 6.07) is 8.20. The van der Waals surface area contributed by atoms with Crippen molar-refractivity contribution in [3.05, 3.63) is 82.1 Å². The van der Waals surface area contributed by atoms with Crippen molar-refractivity contribution in [2.24, 2.45) is 13.0 Å². The minimum atomic E-state index is -4.62. The highest BCUT2D eigenvalue weighted by Gasteiger charge is 2.46. The number of aryl methyl sites for hydroxylation is 1. The van der Waals surface area contributed by atoms with Gasteiger partial charge in [-0.1, -0.05) is 19.1 Å². The molecule has 0 bridgehead atoms. The molecule has 2 atom stereocenters. The first-order chi connectivity index (χ1) is 19.0. The number of alkyl halides is 3. The molecule has 212 valence electrons. The fourth-order valence-electron chi connectivity index (χ4n) is 6.37. The van der Waals surface area contributed by atoms with Gasteiger partial charge in [-0.3, -0.25) is 13.9 Å². The van der Waals surface area contributed by atoms with Crippen LogP contribution in [0.2, 0.25) is 0 Å². The summed E-state index contributed by atoms with van der Waals surface area (Å²) in [6.07, 6.45) is 3.93. The standard InChI is InChI=1S/C29H33F3N6O2/c1-19-6-4-11-36(14-19)15-20-12-23(29(30,31)32)24-17-37(27(39)38(24)16-20)22-8-3-7-21(13-22)25(28(40)9-5-10-28)26-34-33-18-35(26)2/h3,7-8,12-13,16-19,25,40H,4-6,9-11,14-15H2,1-2H3/t19-,25-/m0/s1. The van der Waals surface area contributed by atoms with Crippen LogP contribution in [0.1, 0.15) is 67.5 Å². The molecule has 1 aliphatic carbocycles. The van der Waals surface area contributed by atoms with E-state index in [4.69, 9.17) is 0 Å². The van der Waals surface area contributed by atoms with Crippen molar-refractivity contribution in [2.45, 2.75) is 63.3 Å². The van der Waals surface area contributed by atoms with Gasteiger partial charge < -0.3 is 9.67 Å². The smallest absolute Gasteiger partial charge is 0.389 e. The van der Waals surface area contributed by atoms with Crippen molar-refractivity contribution in [3.63, 3.8) is 0 Å². The van der Waals surface area contributed by atoms with Gasteiger partial charge in [-0.25, -0.2) is 4.79 Å². The van der Waals surface area contributed by atoms with E-state index in [9.17, 15) is 23.1 Å². The van der Waals surface area contributed by atoms with E-state index in [0.29, 0.717) is 47.9 Å². The number of aromatic nitrogens is 5. The fourth-order valence-corrected chi connectivity index (χ4v) is 6.37. The number of aliphatic hydroxyl groups is 1. The summed E-state index contributed by atoms with van der Waals surface area (Å²) < 4.78 is 46.8. The molecular formula is C29H33F3N6O2.